The van der Waals surface area contributed by atoms with Gasteiger partial charge in [-0.25, -0.2) is 9.97 Å². The fourth-order valence-electron chi connectivity index (χ4n) is 3.64. The summed E-state index contributed by atoms with van der Waals surface area (Å²) in [6.45, 7) is 3.85. The lowest BCUT2D eigenvalue weighted by Gasteiger charge is -2.11. The topological polar surface area (TPSA) is 77.2 Å². The quantitative estimate of drug-likeness (QED) is 0.551. The minimum atomic E-state index is -0.876. The van der Waals surface area contributed by atoms with Crippen molar-refractivity contribution in [2.45, 2.75) is 20.3 Å². The number of carbonyl (C=O) groups is 1. The Balaban J connectivity index is 1.98. The summed E-state index contributed by atoms with van der Waals surface area (Å²) in [7, 11) is 1.60. The average molecular weight is 387 g/mol. The van der Waals surface area contributed by atoms with E-state index >= 15 is 0 Å². The van der Waals surface area contributed by atoms with Crippen LogP contribution in [0.3, 0.4) is 0 Å². The van der Waals surface area contributed by atoms with Gasteiger partial charge in [-0.15, -0.1) is 0 Å². The lowest BCUT2D eigenvalue weighted by atomic mass is 10.1. The molecule has 2 aromatic heterocycles. The van der Waals surface area contributed by atoms with Crippen LogP contribution in [0.5, 0.6) is 5.75 Å². The summed E-state index contributed by atoms with van der Waals surface area (Å²) in [6, 6.07) is 17.4. The summed E-state index contributed by atoms with van der Waals surface area (Å²) >= 11 is 0. The normalized spacial score (nSPS) is 11.0. The number of nitrogens with zero attached hydrogens (tertiary/aromatic N) is 3. The Morgan fingerprint density at radius 1 is 1.07 bits per heavy atom. The number of aromatic nitrogens is 3. The molecule has 4 aromatic rings. The third-order valence-corrected chi connectivity index (χ3v) is 4.97. The number of benzene rings is 2. The SMILES string of the molecule is COc1ccc2c(c1)c(CC(=O)O)c(C)n2-c1cc(C)nc(-c2ccccc2)n1. The molecule has 0 atom stereocenters. The first-order chi connectivity index (χ1) is 14.0. The van der Waals surface area contributed by atoms with E-state index in [2.05, 4.69) is 4.98 Å². The highest BCUT2D eigenvalue weighted by Gasteiger charge is 2.19. The number of rotatable bonds is 5. The fraction of sp³-hybridized carbons (Fsp3) is 0.174. The summed E-state index contributed by atoms with van der Waals surface area (Å²) in [5.41, 5.74) is 4.25. The van der Waals surface area contributed by atoms with Crippen LogP contribution < -0.4 is 4.74 Å². The highest BCUT2D eigenvalue weighted by atomic mass is 16.5. The second kappa shape index (κ2) is 7.39. The van der Waals surface area contributed by atoms with E-state index in [9.17, 15) is 9.90 Å². The van der Waals surface area contributed by atoms with Crippen molar-refractivity contribution >= 4 is 16.9 Å². The largest absolute Gasteiger partial charge is 0.497 e. The first kappa shape index (κ1) is 18.7. The Morgan fingerprint density at radius 2 is 1.83 bits per heavy atom. The second-order valence-electron chi connectivity index (χ2n) is 6.91. The number of hydrogen-bond donors (Lipinski definition) is 1. The van der Waals surface area contributed by atoms with Crippen LogP contribution in [-0.2, 0) is 11.2 Å². The average Bonchev–Trinajstić information content (AvgIpc) is 2.98. The number of carboxylic acid groups (broad SMARTS) is 1. The Hall–Kier alpha value is -3.67. The summed E-state index contributed by atoms with van der Waals surface area (Å²) in [6.07, 6.45) is -0.0713. The standard InChI is InChI=1S/C23H21N3O3/c1-14-11-21(25-23(24-14)16-7-5-4-6-8-16)26-15(2)18(13-22(27)28)19-12-17(29-3)9-10-20(19)26/h4-12H,13H2,1-3H3,(H,27,28). The molecule has 0 fully saturated rings. The van der Waals surface area contributed by atoms with Gasteiger partial charge in [-0.3, -0.25) is 9.36 Å². The monoisotopic (exact) mass is 387 g/mol. The number of hydrogen-bond acceptors (Lipinski definition) is 4. The van der Waals surface area contributed by atoms with E-state index in [1.165, 1.54) is 0 Å². The molecule has 0 aliphatic carbocycles. The van der Waals surface area contributed by atoms with E-state index in [4.69, 9.17) is 9.72 Å². The summed E-state index contributed by atoms with van der Waals surface area (Å²) in [5, 5.41) is 10.3. The molecule has 1 N–H and O–H groups in total. The van der Waals surface area contributed by atoms with Gasteiger partial charge >= 0.3 is 5.97 Å². The Bertz CT molecular complexity index is 1210. The summed E-state index contributed by atoms with van der Waals surface area (Å²) < 4.78 is 7.35. The summed E-state index contributed by atoms with van der Waals surface area (Å²) in [4.78, 5) is 20.9. The lowest BCUT2D eigenvalue weighted by Crippen LogP contribution is -2.05. The van der Waals surface area contributed by atoms with E-state index in [1.54, 1.807) is 7.11 Å². The van der Waals surface area contributed by atoms with Gasteiger partial charge in [0.15, 0.2) is 5.82 Å². The molecule has 0 bridgehead atoms. The third kappa shape index (κ3) is 3.45. The van der Waals surface area contributed by atoms with Gasteiger partial charge in [-0.05, 0) is 37.6 Å². The van der Waals surface area contributed by atoms with Crippen molar-refractivity contribution in [2.24, 2.45) is 0 Å². The van der Waals surface area contributed by atoms with Crippen LogP contribution in [0.4, 0.5) is 0 Å². The zero-order valence-electron chi connectivity index (χ0n) is 16.5. The Morgan fingerprint density at radius 3 is 2.52 bits per heavy atom. The van der Waals surface area contributed by atoms with Crippen molar-refractivity contribution in [1.82, 2.24) is 14.5 Å². The zero-order valence-corrected chi connectivity index (χ0v) is 16.5. The van der Waals surface area contributed by atoms with Crippen LogP contribution in [0.25, 0.3) is 28.1 Å². The zero-order chi connectivity index (χ0) is 20.5. The molecule has 6 heteroatoms. The minimum Gasteiger partial charge on any atom is -0.497 e. The van der Waals surface area contributed by atoms with Crippen molar-refractivity contribution in [3.8, 4) is 23.0 Å². The van der Waals surface area contributed by atoms with Gasteiger partial charge < -0.3 is 9.84 Å². The molecular weight excluding hydrogens is 366 g/mol. The van der Waals surface area contributed by atoms with Crippen LogP contribution in [-0.4, -0.2) is 32.7 Å². The number of methoxy groups -OCH3 is 1. The first-order valence-corrected chi connectivity index (χ1v) is 9.29. The van der Waals surface area contributed by atoms with Crippen LogP contribution in [0, 0.1) is 13.8 Å². The number of ether oxygens (including phenoxy) is 1. The van der Waals surface area contributed by atoms with E-state index in [-0.39, 0.29) is 6.42 Å². The molecular formula is C23H21N3O3. The fourth-order valence-corrected chi connectivity index (χ4v) is 3.64. The molecule has 0 saturated heterocycles. The van der Waals surface area contributed by atoms with Crippen molar-refractivity contribution in [3.05, 3.63) is 71.5 Å². The van der Waals surface area contributed by atoms with Crippen LogP contribution in [0.1, 0.15) is 17.0 Å². The smallest absolute Gasteiger partial charge is 0.307 e. The predicted molar refractivity (Wildman–Crippen MR) is 112 cm³/mol. The molecule has 0 aliphatic rings. The highest BCUT2D eigenvalue weighted by Crippen LogP contribution is 2.32. The van der Waals surface area contributed by atoms with Crippen molar-refractivity contribution in [3.63, 3.8) is 0 Å². The molecule has 0 aliphatic heterocycles. The lowest BCUT2D eigenvalue weighted by molar-refractivity contribution is -0.136. The van der Waals surface area contributed by atoms with Gasteiger partial charge in [-0.2, -0.15) is 0 Å². The van der Waals surface area contributed by atoms with Crippen LogP contribution in [0.15, 0.2) is 54.6 Å². The van der Waals surface area contributed by atoms with E-state index in [0.717, 1.165) is 33.4 Å². The molecule has 2 aromatic carbocycles. The molecule has 4 rings (SSSR count). The predicted octanol–water partition coefficient (Wildman–Crippen LogP) is 4.34. The summed E-state index contributed by atoms with van der Waals surface area (Å²) in [5.74, 6) is 1.15. The molecule has 0 spiro atoms. The van der Waals surface area contributed by atoms with Crippen molar-refractivity contribution in [2.75, 3.05) is 7.11 Å². The number of aryl methyl sites for hydroxylation is 1. The molecule has 146 valence electrons. The van der Waals surface area contributed by atoms with Gasteiger partial charge in [0.2, 0.25) is 0 Å². The van der Waals surface area contributed by atoms with Crippen LogP contribution >= 0.6 is 0 Å². The minimum absolute atomic E-state index is 0.0713. The van der Waals surface area contributed by atoms with Crippen LogP contribution in [0.2, 0.25) is 0 Å². The van der Waals surface area contributed by atoms with E-state index in [0.29, 0.717) is 17.4 Å². The maximum atomic E-state index is 11.5. The highest BCUT2D eigenvalue weighted by molar-refractivity contribution is 5.91. The van der Waals surface area contributed by atoms with E-state index in [1.807, 2.05) is 73.0 Å². The van der Waals surface area contributed by atoms with Gasteiger partial charge in [0, 0.05) is 28.4 Å². The molecule has 2 heterocycles. The molecule has 0 amide bonds. The van der Waals surface area contributed by atoms with Gasteiger partial charge in [0.25, 0.3) is 0 Å². The first-order valence-electron chi connectivity index (χ1n) is 9.29. The van der Waals surface area contributed by atoms with Gasteiger partial charge in [0.1, 0.15) is 11.6 Å². The molecule has 0 saturated carbocycles. The Labute approximate surface area is 168 Å². The Kier molecular flexibility index (Phi) is 4.76. The van der Waals surface area contributed by atoms with Crippen molar-refractivity contribution < 1.29 is 14.6 Å². The maximum absolute atomic E-state index is 11.5. The van der Waals surface area contributed by atoms with Gasteiger partial charge in [-0.1, -0.05) is 30.3 Å². The molecule has 0 unspecified atom stereocenters. The number of aliphatic carboxylic acids is 1. The molecule has 29 heavy (non-hydrogen) atoms. The number of fused-ring (bicyclic) bond motifs is 1. The second-order valence-corrected chi connectivity index (χ2v) is 6.91. The molecule has 0 radical (unpaired) electrons. The number of carboxylic acids is 1. The molecule has 6 nitrogen and oxygen atoms in total. The third-order valence-electron chi connectivity index (χ3n) is 4.97. The van der Waals surface area contributed by atoms with Gasteiger partial charge in [0.05, 0.1) is 19.0 Å². The maximum Gasteiger partial charge on any atom is 0.307 e. The van der Waals surface area contributed by atoms with Crippen molar-refractivity contribution in [1.29, 1.82) is 0 Å². The van der Waals surface area contributed by atoms with E-state index < -0.39 is 5.97 Å².